The Hall–Kier alpha value is -3.81. The second kappa shape index (κ2) is 10.1. The van der Waals surface area contributed by atoms with Gasteiger partial charge in [-0.2, -0.15) is 13.2 Å². The molecule has 0 aromatic carbocycles. The van der Waals surface area contributed by atoms with Gasteiger partial charge in [-0.15, -0.1) is 0 Å². The molecule has 2 aliphatic rings. The van der Waals surface area contributed by atoms with Crippen LogP contribution in [0.4, 0.5) is 29.3 Å². The molecule has 14 heteroatoms. The fourth-order valence-corrected chi connectivity index (χ4v) is 5.21. The van der Waals surface area contributed by atoms with Gasteiger partial charge in [0, 0.05) is 46.5 Å². The van der Waals surface area contributed by atoms with Crippen LogP contribution in [0.5, 0.6) is 0 Å². The van der Waals surface area contributed by atoms with Crippen molar-refractivity contribution in [3.8, 4) is 0 Å². The van der Waals surface area contributed by atoms with Crippen molar-refractivity contribution in [2.75, 3.05) is 37.5 Å². The Morgan fingerprint density at radius 1 is 1.18 bits per heavy atom. The van der Waals surface area contributed by atoms with E-state index in [-0.39, 0.29) is 23.7 Å². The van der Waals surface area contributed by atoms with E-state index in [9.17, 15) is 27.6 Å². The molecule has 3 aromatic heterocycles. The third kappa shape index (κ3) is 5.12. The molecule has 1 saturated carbocycles. The number of nitrogens with one attached hydrogen (secondary N) is 2. The fraction of sp³-hybridized carbons (Fsp3) is 0.520. The lowest BCUT2D eigenvalue weighted by atomic mass is 9.89. The van der Waals surface area contributed by atoms with E-state index in [1.54, 1.807) is 25.0 Å². The first-order chi connectivity index (χ1) is 18.5. The number of fused-ring (bicyclic) bond motifs is 1. The Morgan fingerprint density at radius 3 is 2.51 bits per heavy atom. The first-order valence-electron chi connectivity index (χ1n) is 12.7. The van der Waals surface area contributed by atoms with Crippen LogP contribution in [0.25, 0.3) is 11.0 Å². The number of amides is 2. The summed E-state index contributed by atoms with van der Waals surface area (Å²) in [7, 11) is 4.42. The predicted molar refractivity (Wildman–Crippen MR) is 138 cm³/mol. The molecule has 11 nitrogen and oxygen atoms in total. The van der Waals surface area contributed by atoms with Crippen LogP contribution in [0, 0.1) is 0 Å². The van der Waals surface area contributed by atoms with Crippen LogP contribution in [0.2, 0.25) is 0 Å². The van der Waals surface area contributed by atoms with Crippen molar-refractivity contribution < 1.29 is 22.7 Å². The average molecular weight is 550 g/mol. The Balaban J connectivity index is 1.23. The molecule has 1 aliphatic carbocycles. The zero-order chi connectivity index (χ0) is 28.1. The van der Waals surface area contributed by atoms with E-state index < -0.39 is 29.0 Å². The zero-order valence-corrected chi connectivity index (χ0v) is 21.8. The highest BCUT2D eigenvalue weighted by Gasteiger charge is 2.34. The minimum Gasteiger partial charge on any atom is -0.381 e. The topological polar surface area (TPSA) is 117 Å². The Morgan fingerprint density at radius 2 is 1.87 bits per heavy atom. The smallest absolute Gasteiger partial charge is 0.381 e. The van der Waals surface area contributed by atoms with Crippen LogP contribution < -0.4 is 21.3 Å². The van der Waals surface area contributed by atoms with Gasteiger partial charge in [-0.25, -0.2) is 14.5 Å². The number of aryl methyl sites for hydroxylation is 1. The Kier molecular flexibility index (Phi) is 6.91. The molecule has 210 valence electrons. The number of ether oxygens (including phenoxy) is 1. The summed E-state index contributed by atoms with van der Waals surface area (Å²) in [5.74, 6) is 0. The molecule has 0 spiro atoms. The molecule has 0 unspecified atom stereocenters. The number of nitrogens with zero attached hydrogens (tertiary/aromatic N) is 5. The second-order valence-corrected chi connectivity index (χ2v) is 10.2. The van der Waals surface area contributed by atoms with Crippen molar-refractivity contribution in [1.82, 2.24) is 24.2 Å². The van der Waals surface area contributed by atoms with E-state index in [1.807, 2.05) is 6.07 Å². The van der Waals surface area contributed by atoms with Crippen LogP contribution in [0.1, 0.15) is 37.3 Å². The highest BCUT2D eigenvalue weighted by atomic mass is 19.4. The number of hydrogen-bond donors (Lipinski definition) is 2. The minimum atomic E-state index is -4.65. The number of alkyl halides is 3. The van der Waals surface area contributed by atoms with E-state index in [0.29, 0.717) is 49.2 Å². The number of aromatic amines is 1. The lowest BCUT2D eigenvalue weighted by Crippen LogP contribution is -2.47. The van der Waals surface area contributed by atoms with Gasteiger partial charge < -0.3 is 24.4 Å². The SMILES string of the molecule is CO[C@H]1C[C@@H](n2[nH]c3ncc(N4CCC(N(C)C(=O)Nc5cc(C(F)(F)F)cn(C)c5=O)CC4)cc3c2=O)C1. The number of anilines is 2. The molecule has 5 rings (SSSR count). The minimum absolute atomic E-state index is 0.0636. The summed E-state index contributed by atoms with van der Waals surface area (Å²) in [4.78, 5) is 46.0. The number of carbonyl (C=O) groups excluding carboxylic acids is 1. The third-order valence-corrected chi connectivity index (χ3v) is 7.77. The molecule has 3 aromatic rings. The third-order valence-electron chi connectivity index (χ3n) is 7.77. The van der Waals surface area contributed by atoms with Crippen molar-refractivity contribution in [3.05, 3.63) is 50.8 Å². The maximum atomic E-state index is 13.2. The maximum absolute atomic E-state index is 13.2. The maximum Gasteiger partial charge on any atom is 0.417 e. The molecule has 0 radical (unpaired) electrons. The number of aromatic nitrogens is 4. The highest BCUT2D eigenvalue weighted by Crippen LogP contribution is 2.33. The van der Waals surface area contributed by atoms with Gasteiger partial charge in [0.2, 0.25) is 0 Å². The molecule has 2 amide bonds. The van der Waals surface area contributed by atoms with E-state index in [2.05, 4.69) is 20.3 Å². The number of H-pyrrole nitrogens is 1. The summed E-state index contributed by atoms with van der Waals surface area (Å²) in [6.45, 7) is 1.16. The molecule has 2 N–H and O–H groups in total. The number of pyridine rings is 2. The lowest BCUT2D eigenvalue weighted by molar-refractivity contribution is -0.138. The number of rotatable bonds is 5. The van der Waals surface area contributed by atoms with Gasteiger partial charge in [0.15, 0.2) is 5.65 Å². The Labute approximate surface area is 221 Å². The van der Waals surface area contributed by atoms with Gasteiger partial charge in [0.05, 0.1) is 35.0 Å². The van der Waals surface area contributed by atoms with Crippen molar-refractivity contribution in [1.29, 1.82) is 0 Å². The zero-order valence-electron chi connectivity index (χ0n) is 21.8. The van der Waals surface area contributed by atoms with Crippen LogP contribution in [-0.4, -0.2) is 69.7 Å². The lowest BCUT2D eigenvalue weighted by Gasteiger charge is -2.37. The van der Waals surface area contributed by atoms with Gasteiger partial charge >= 0.3 is 12.2 Å². The number of methoxy groups -OCH3 is 1. The normalized spacial score (nSPS) is 20.2. The van der Waals surface area contributed by atoms with Crippen LogP contribution in [-0.2, 0) is 18.0 Å². The van der Waals surface area contributed by atoms with Crippen molar-refractivity contribution in [3.63, 3.8) is 0 Å². The number of piperidine rings is 1. The molecule has 1 aliphatic heterocycles. The number of halogens is 3. The second-order valence-electron chi connectivity index (χ2n) is 10.2. The van der Waals surface area contributed by atoms with Gasteiger partial charge in [-0.3, -0.25) is 14.7 Å². The molecule has 4 heterocycles. The number of carbonyl (C=O) groups is 1. The number of hydrogen-bond acceptors (Lipinski definition) is 6. The van der Waals surface area contributed by atoms with Crippen LogP contribution in [0.3, 0.4) is 0 Å². The fourth-order valence-electron chi connectivity index (χ4n) is 5.21. The van der Waals surface area contributed by atoms with Crippen LogP contribution >= 0.6 is 0 Å². The quantitative estimate of drug-likeness (QED) is 0.506. The highest BCUT2D eigenvalue weighted by molar-refractivity contribution is 5.89. The van der Waals surface area contributed by atoms with Gasteiger partial charge in [0.1, 0.15) is 5.69 Å². The standard InChI is InChI=1S/C25H30F3N7O4/c1-32-13-14(25(26,27)28)8-20(23(32)37)30-24(38)33(2)15-4-6-34(7-5-15)17-11-19-21(29-12-17)31-35(22(19)36)16-9-18(10-16)39-3/h8,11-13,15-16,18H,4-7,9-10H2,1-3H3,(H,29,31)(H,30,38)/t16-,18+. The van der Waals surface area contributed by atoms with Crippen molar-refractivity contribution in [2.24, 2.45) is 7.05 Å². The van der Waals surface area contributed by atoms with E-state index in [0.717, 1.165) is 23.1 Å². The largest absolute Gasteiger partial charge is 0.417 e. The summed E-state index contributed by atoms with van der Waals surface area (Å²) < 4.78 is 47.2. The Bertz CT molecular complexity index is 1500. The first-order valence-corrected chi connectivity index (χ1v) is 12.7. The molecule has 0 atom stereocenters. The summed E-state index contributed by atoms with van der Waals surface area (Å²) in [6.07, 6.45) is 0.617. The summed E-state index contributed by atoms with van der Waals surface area (Å²) in [5, 5.41) is 5.94. The van der Waals surface area contributed by atoms with Gasteiger partial charge in [0.25, 0.3) is 11.1 Å². The molecule has 39 heavy (non-hydrogen) atoms. The summed E-state index contributed by atoms with van der Waals surface area (Å²) in [6, 6.07) is 1.69. The van der Waals surface area contributed by atoms with E-state index in [1.165, 1.54) is 11.9 Å². The van der Waals surface area contributed by atoms with Crippen LogP contribution in [0.15, 0.2) is 34.1 Å². The molecule has 0 bridgehead atoms. The van der Waals surface area contributed by atoms with E-state index >= 15 is 0 Å². The summed E-state index contributed by atoms with van der Waals surface area (Å²) in [5.41, 5.74) is -0.989. The molecule has 2 fully saturated rings. The van der Waals surface area contributed by atoms with Crippen molar-refractivity contribution >= 4 is 28.4 Å². The molecular formula is C25H30F3N7O4. The summed E-state index contributed by atoms with van der Waals surface area (Å²) >= 11 is 0. The van der Waals surface area contributed by atoms with Crippen molar-refractivity contribution in [2.45, 2.75) is 50.0 Å². The van der Waals surface area contributed by atoms with Gasteiger partial charge in [-0.1, -0.05) is 0 Å². The number of urea groups is 1. The monoisotopic (exact) mass is 549 g/mol. The molecule has 1 saturated heterocycles. The first kappa shape index (κ1) is 26.8. The van der Waals surface area contributed by atoms with Gasteiger partial charge in [-0.05, 0) is 37.8 Å². The average Bonchev–Trinajstić information content (AvgIpc) is 3.20. The predicted octanol–water partition coefficient (Wildman–Crippen LogP) is 2.92. The molecular weight excluding hydrogens is 519 g/mol. The van der Waals surface area contributed by atoms with E-state index in [4.69, 9.17) is 4.74 Å².